The first-order valence-electron chi connectivity index (χ1n) is 9.29. The van der Waals surface area contributed by atoms with Gasteiger partial charge in [0.25, 0.3) is 0 Å². The van der Waals surface area contributed by atoms with Gasteiger partial charge >= 0.3 is 0 Å². The normalized spacial score (nSPS) is 11.1. The molecular formula is C22H23N5O. The van der Waals surface area contributed by atoms with Crippen LogP contribution in [0.2, 0.25) is 0 Å². The van der Waals surface area contributed by atoms with Crippen molar-refractivity contribution in [1.29, 1.82) is 0 Å². The summed E-state index contributed by atoms with van der Waals surface area (Å²) in [7, 11) is 0. The Hall–Kier alpha value is -3.41. The number of H-pyrrole nitrogens is 1. The van der Waals surface area contributed by atoms with Gasteiger partial charge in [-0.15, -0.1) is 0 Å². The minimum absolute atomic E-state index is 0.0268. The summed E-state index contributed by atoms with van der Waals surface area (Å²) in [6, 6.07) is 12.1. The summed E-state index contributed by atoms with van der Waals surface area (Å²) in [5, 5.41) is 8.27. The second kappa shape index (κ2) is 7.31. The van der Waals surface area contributed by atoms with Crippen molar-refractivity contribution in [1.82, 2.24) is 19.7 Å². The van der Waals surface area contributed by atoms with Gasteiger partial charge in [0.05, 0.1) is 13.0 Å². The second-order valence-electron chi connectivity index (χ2n) is 7.25. The molecule has 0 unspecified atom stereocenters. The van der Waals surface area contributed by atoms with Gasteiger partial charge < -0.3 is 10.3 Å². The van der Waals surface area contributed by atoms with Crippen LogP contribution in [0.1, 0.15) is 27.9 Å². The van der Waals surface area contributed by atoms with E-state index in [9.17, 15) is 4.79 Å². The predicted molar refractivity (Wildman–Crippen MR) is 110 cm³/mol. The van der Waals surface area contributed by atoms with Crippen molar-refractivity contribution in [3.05, 3.63) is 77.0 Å². The maximum Gasteiger partial charge on any atom is 0.228 e. The molecule has 28 heavy (non-hydrogen) atoms. The molecule has 142 valence electrons. The van der Waals surface area contributed by atoms with E-state index in [0.717, 1.165) is 33.4 Å². The van der Waals surface area contributed by atoms with E-state index in [0.29, 0.717) is 13.0 Å². The number of aryl methyl sites for hydroxylation is 3. The highest BCUT2D eigenvalue weighted by atomic mass is 16.1. The van der Waals surface area contributed by atoms with Crippen LogP contribution in [0.3, 0.4) is 0 Å². The summed E-state index contributed by atoms with van der Waals surface area (Å²) in [5.41, 5.74) is 7.44. The Balaban J connectivity index is 1.52. The number of hydrogen-bond donors (Lipinski definition) is 2. The molecule has 0 spiro atoms. The highest BCUT2D eigenvalue weighted by Crippen LogP contribution is 2.27. The topological polar surface area (TPSA) is 75.6 Å². The lowest BCUT2D eigenvalue weighted by Gasteiger charge is -2.08. The first-order valence-corrected chi connectivity index (χ1v) is 9.29. The third-order valence-corrected chi connectivity index (χ3v) is 4.93. The number of aromatic amines is 1. The van der Waals surface area contributed by atoms with E-state index >= 15 is 0 Å². The number of carbonyl (C=O) groups is 1. The zero-order valence-corrected chi connectivity index (χ0v) is 16.3. The van der Waals surface area contributed by atoms with Crippen LogP contribution in [0, 0.1) is 20.8 Å². The van der Waals surface area contributed by atoms with Crippen LogP contribution >= 0.6 is 0 Å². The number of aromatic nitrogens is 4. The smallest absolute Gasteiger partial charge is 0.228 e. The molecule has 2 aromatic carbocycles. The first kappa shape index (κ1) is 18.0. The average molecular weight is 373 g/mol. The lowest BCUT2D eigenvalue weighted by molar-refractivity contribution is -0.115. The Bertz CT molecular complexity index is 1140. The molecule has 1 amide bonds. The Labute approximate surface area is 163 Å². The molecule has 0 saturated carbocycles. The van der Waals surface area contributed by atoms with Gasteiger partial charge in [-0.25, -0.2) is 9.67 Å². The van der Waals surface area contributed by atoms with Crippen molar-refractivity contribution < 1.29 is 4.79 Å². The van der Waals surface area contributed by atoms with Gasteiger partial charge in [-0.3, -0.25) is 4.79 Å². The Kier molecular flexibility index (Phi) is 4.69. The van der Waals surface area contributed by atoms with E-state index in [1.807, 2.05) is 31.2 Å². The maximum atomic E-state index is 12.7. The summed E-state index contributed by atoms with van der Waals surface area (Å²) < 4.78 is 1.75. The number of hydrogen-bond acceptors (Lipinski definition) is 3. The standard InChI is InChI=1S/C22H23N5O/c1-14-7-15(2)22-20(8-14)19(16(3)25-22)10-21(28)26-18-6-4-5-17(9-18)11-27-13-23-12-24-27/h4-9,12-13,25H,10-11H2,1-3H3,(H,26,28). The lowest BCUT2D eigenvalue weighted by Crippen LogP contribution is -2.15. The van der Waals surface area contributed by atoms with Crippen molar-refractivity contribution in [3.8, 4) is 0 Å². The molecule has 0 saturated heterocycles. The van der Waals surface area contributed by atoms with E-state index in [1.165, 1.54) is 17.5 Å². The van der Waals surface area contributed by atoms with Crippen LogP contribution in [-0.2, 0) is 17.8 Å². The van der Waals surface area contributed by atoms with Gasteiger partial charge in [-0.05, 0) is 55.7 Å². The molecule has 0 aliphatic heterocycles. The number of nitrogens with zero attached hydrogens (tertiary/aromatic N) is 3. The molecule has 6 nitrogen and oxygen atoms in total. The van der Waals surface area contributed by atoms with Crippen LogP contribution in [-0.4, -0.2) is 25.7 Å². The Morgan fingerprint density at radius 2 is 2.04 bits per heavy atom. The van der Waals surface area contributed by atoms with Crippen LogP contribution in [0.4, 0.5) is 5.69 Å². The van der Waals surface area contributed by atoms with Crippen LogP contribution in [0.5, 0.6) is 0 Å². The SMILES string of the molecule is Cc1cc(C)c2[nH]c(C)c(CC(=O)Nc3cccc(Cn4cncn4)c3)c2c1. The fraction of sp³-hybridized carbons (Fsp3) is 0.227. The van der Waals surface area contributed by atoms with Gasteiger partial charge in [-0.1, -0.05) is 23.8 Å². The largest absolute Gasteiger partial charge is 0.358 e. The monoisotopic (exact) mass is 373 g/mol. The molecule has 0 aliphatic carbocycles. The number of carbonyl (C=O) groups excluding carboxylic acids is 1. The van der Waals surface area contributed by atoms with E-state index in [4.69, 9.17) is 0 Å². The Morgan fingerprint density at radius 1 is 1.18 bits per heavy atom. The number of fused-ring (bicyclic) bond motifs is 1. The second-order valence-corrected chi connectivity index (χ2v) is 7.25. The predicted octanol–water partition coefficient (Wildman–Crippen LogP) is 3.91. The minimum atomic E-state index is -0.0268. The van der Waals surface area contributed by atoms with Crippen LogP contribution < -0.4 is 5.32 Å². The van der Waals surface area contributed by atoms with E-state index in [1.54, 1.807) is 11.0 Å². The summed E-state index contributed by atoms with van der Waals surface area (Å²) in [4.78, 5) is 20.1. The summed E-state index contributed by atoms with van der Waals surface area (Å²) in [5.74, 6) is -0.0268. The summed E-state index contributed by atoms with van der Waals surface area (Å²) in [6.07, 6.45) is 3.52. The van der Waals surface area contributed by atoms with Gasteiger partial charge in [0.1, 0.15) is 12.7 Å². The van der Waals surface area contributed by atoms with Crippen molar-refractivity contribution in [3.63, 3.8) is 0 Å². The average Bonchev–Trinajstić information content (AvgIpc) is 3.25. The quantitative estimate of drug-likeness (QED) is 0.557. The van der Waals surface area contributed by atoms with Gasteiger partial charge in [0, 0.05) is 22.3 Å². The van der Waals surface area contributed by atoms with Crippen LogP contribution in [0.25, 0.3) is 10.9 Å². The van der Waals surface area contributed by atoms with E-state index < -0.39 is 0 Å². The van der Waals surface area contributed by atoms with Crippen LogP contribution in [0.15, 0.2) is 49.1 Å². The molecule has 2 N–H and O–H groups in total. The number of amides is 1. The lowest BCUT2D eigenvalue weighted by atomic mass is 10.0. The molecule has 4 rings (SSSR count). The maximum absolute atomic E-state index is 12.7. The van der Waals surface area contributed by atoms with Crippen molar-refractivity contribution in [2.45, 2.75) is 33.7 Å². The number of rotatable bonds is 5. The molecule has 0 atom stereocenters. The van der Waals surface area contributed by atoms with Gasteiger partial charge in [0.15, 0.2) is 0 Å². The Morgan fingerprint density at radius 3 is 2.82 bits per heavy atom. The number of anilines is 1. The van der Waals surface area contributed by atoms with E-state index in [-0.39, 0.29) is 5.91 Å². The third kappa shape index (κ3) is 3.67. The third-order valence-electron chi connectivity index (χ3n) is 4.93. The molecule has 2 aromatic heterocycles. The van der Waals surface area contributed by atoms with Gasteiger partial charge in [-0.2, -0.15) is 5.10 Å². The van der Waals surface area contributed by atoms with Crippen molar-refractivity contribution >= 4 is 22.5 Å². The molecule has 0 bridgehead atoms. The van der Waals surface area contributed by atoms with Crippen molar-refractivity contribution in [2.24, 2.45) is 0 Å². The summed E-state index contributed by atoms with van der Waals surface area (Å²) in [6.45, 7) is 6.81. The molecular weight excluding hydrogens is 350 g/mol. The summed E-state index contributed by atoms with van der Waals surface area (Å²) >= 11 is 0. The molecule has 0 fully saturated rings. The van der Waals surface area contributed by atoms with Crippen molar-refractivity contribution in [2.75, 3.05) is 5.32 Å². The zero-order chi connectivity index (χ0) is 19.7. The highest BCUT2D eigenvalue weighted by molar-refractivity contribution is 5.97. The molecule has 0 radical (unpaired) electrons. The fourth-order valence-corrected chi connectivity index (χ4v) is 3.68. The highest BCUT2D eigenvalue weighted by Gasteiger charge is 2.14. The minimum Gasteiger partial charge on any atom is -0.358 e. The van der Waals surface area contributed by atoms with Gasteiger partial charge in [0.2, 0.25) is 5.91 Å². The zero-order valence-electron chi connectivity index (χ0n) is 16.3. The molecule has 0 aliphatic rings. The van der Waals surface area contributed by atoms with E-state index in [2.05, 4.69) is 46.4 Å². The fourth-order valence-electron chi connectivity index (χ4n) is 3.68. The molecule has 6 heteroatoms. The number of benzene rings is 2. The number of nitrogens with one attached hydrogen (secondary N) is 2. The molecule has 2 heterocycles. The molecule has 4 aromatic rings. The first-order chi connectivity index (χ1) is 13.5.